The third kappa shape index (κ3) is 67.9. The molecule has 0 aromatic rings. The van der Waals surface area contributed by atoms with Crippen LogP contribution in [0.5, 0.6) is 0 Å². The van der Waals surface area contributed by atoms with Crippen molar-refractivity contribution in [1.29, 1.82) is 0 Å². The van der Waals surface area contributed by atoms with E-state index in [9.17, 15) is 4.79 Å². The topological polar surface area (TPSA) is 46.5 Å². The minimum atomic E-state index is -1.33. The first-order valence-corrected chi connectivity index (χ1v) is 1.28. The van der Waals surface area contributed by atoms with Gasteiger partial charge in [-0.3, -0.25) is 14.1 Å². The predicted molar refractivity (Wildman–Crippen MR) is 32.6 cm³/mol. The molecular formula is C3H7BF3O3. The van der Waals surface area contributed by atoms with Gasteiger partial charge in [-0.2, -0.15) is 0 Å². The van der Waals surface area contributed by atoms with Gasteiger partial charge in [-0.25, -0.2) is 4.79 Å². The summed E-state index contributed by atoms with van der Waals surface area (Å²) in [7, 11) is 0. The van der Waals surface area contributed by atoms with E-state index in [-0.39, 0.29) is 22.5 Å². The summed E-state index contributed by atoms with van der Waals surface area (Å²) in [6.45, 7) is 3.00. The molecule has 0 aliphatic rings. The summed E-state index contributed by atoms with van der Waals surface area (Å²) in [4.78, 5) is 9.31. The Kier molecular flexibility index (Phi) is 91.1. The Balaban J connectivity index is -0.0000000208. The number of halogens is 3. The number of carbonyl (C=O) groups is 1. The van der Waals surface area contributed by atoms with Crippen LogP contribution in [0, 0.1) is 0 Å². The van der Waals surface area contributed by atoms with Crippen molar-refractivity contribution in [2.24, 2.45) is 0 Å². The van der Waals surface area contributed by atoms with E-state index < -0.39 is 6.16 Å². The molecule has 0 aliphatic heterocycles. The normalized spacial score (nSPS) is 4.00. The van der Waals surface area contributed by atoms with Gasteiger partial charge in [0.2, 0.25) is 0 Å². The average Bonchev–Trinajstić information content (AvgIpc) is 1.35. The van der Waals surface area contributed by atoms with Gasteiger partial charge >= 0.3 is 6.16 Å². The van der Waals surface area contributed by atoms with Crippen molar-refractivity contribution >= 4 is 14.6 Å². The quantitative estimate of drug-likeness (QED) is 0.351. The molecule has 3 nitrogen and oxygen atoms in total. The molecule has 0 saturated heterocycles. The van der Waals surface area contributed by atoms with Gasteiger partial charge in [-0.15, -0.1) is 0 Å². The van der Waals surface area contributed by atoms with Crippen molar-refractivity contribution in [2.75, 3.05) is 0 Å². The maximum absolute atomic E-state index is 9.31. The van der Waals surface area contributed by atoms with Gasteiger partial charge in [-0.1, -0.05) is 6.58 Å². The molecule has 10 heavy (non-hydrogen) atoms. The number of rotatable bonds is 1. The summed E-state index contributed by atoms with van der Waals surface area (Å²) in [6.07, 6.45) is -0.479. The Bertz CT molecular complexity index is 79.4. The molecule has 0 amide bonds. The smallest absolute Gasteiger partial charge is 0.449 e. The van der Waals surface area contributed by atoms with Crippen molar-refractivity contribution in [3.8, 4) is 0 Å². The second-order valence-electron chi connectivity index (χ2n) is 0.550. The van der Waals surface area contributed by atoms with Crippen LogP contribution >= 0.6 is 0 Å². The zero-order valence-electron chi connectivity index (χ0n) is 4.85. The fourth-order valence-electron chi connectivity index (χ4n) is 0.0713. The fourth-order valence-corrected chi connectivity index (χ4v) is 0.0713. The molecule has 0 aliphatic carbocycles. The average molecular weight is 159 g/mol. The Morgan fingerprint density at radius 3 is 1.70 bits per heavy atom. The largest absolute Gasteiger partial charge is 0.510 e. The molecule has 0 atom stereocenters. The maximum atomic E-state index is 9.31. The lowest BCUT2D eigenvalue weighted by Gasteiger charge is -1.81. The van der Waals surface area contributed by atoms with E-state index in [0.29, 0.717) is 0 Å². The van der Waals surface area contributed by atoms with E-state index in [0.717, 1.165) is 6.26 Å². The molecule has 1 N–H and O–H groups in total. The van der Waals surface area contributed by atoms with Gasteiger partial charge in [0.15, 0.2) is 0 Å². The minimum absolute atomic E-state index is 0. The van der Waals surface area contributed by atoms with Crippen molar-refractivity contribution in [3.05, 3.63) is 12.8 Å². The summed E-state index contributed by atoms with van der Waals surface area (Å²) >= 11 is 0. The highest BCUT2D eigenvalue weighted by Crippen LogP contribution is 1.70. The van der Waals surface area contributed by atoms with Gasteiger partial charge in [0.05, 0.1) is 6.26 Å². The number of ether oxygens (including phenoxy) is 1. The Hall–Kier alpha value is -1.14. The monoisotopic (exact) mass is 159 g/mol. The predicted octanol–water partition coefficient (Wildman–Crippen LogP) is 0.901. The van der Waals surface area contributed by atoms with E-state index in [4.69, 9.17) is 5.11 Å². The van der Waals surface area contributed by atoms with Gasteiger partial charge < -0.3 is 9.84 Å². The standard InChI is InChI=1S/C3H4O3.B.3FH/c1-2-6-3(4)5;;;;/h2H,1H2,(H,4,5);;3*1H. The molecule has 0 spiro atoms. The second kappa shape index (κ2) is 24.8. The highest BCUT2D eigenvalue weighted by atomic mass is 19.0. The molecule has 0 heterocycles. The van der Waals surface area contributed by atoms with Crippen LogP contribution < -0.4 is 0 Å². The zero-order valence-corrected chi connectivity index (χ0v) is 4.85. The molecule has 0 rings (SSSR count). The first-order valence-electron chi connectivity index (χ1n) is 1.28. The van der Waals surface area contributed by atoms with Crippen molar-refractivity contribution < 1.29 is 28.8 Å². The highest BCUT2D eigenvalue weighted by Gasteiger charge is 1.84. The van der Waals surface area contributed by atoms with Gasteiger partial charge in [-0.05, 0) is 0 Å². The summed E-state index contributed by atoms with van der Waals surface area (Å²) in [5, 5.41) is 7.62. The molecule has 0 bridgehead atoms. The van der Waals surface area contributed by atoms with Crippen LogP contribution in [0.15, 0.2) is 12.8 Å². The van der Waals surface area contributed by atoms with Gasteiger partial charge in [0.25, 0.3) is 0 Å². The van der Waals surface area contributed by atoms with Crippen molar-refractivity contribution in [3.63, 3.8) is 0 Å². The van der Waals surface area contributed by atoms with E-state index in [1.807, 2.05) is 0 Å². The fraction of sp³-hybridized carbons (Fsp3) is 0. The Morgan fingerprint density at radius 2 is 1.70 bits per heavy atom. The second-order valence-corrected chi connectivity index (χ2v) is 0.550. The third-order valence-corrected chi connectivity index (χ3v) is 0.184. The molecular weight excluding hydrogens is 152 g/mol. The molecule has 0 unspecified atom stereocenters. The molecule has 61 valence electrons. The molecule has 0 aromatic heterocycles. The molecule has 0 aromatic carbocycles. The van der Waals surface area contributed by atoms with Crippen molar-refractivity contribution in [1.82, 2.24) is 0 Å². The summed E-state index contributed by atoms with van der Waals surface area (Å²) in [6, 6.07) is 0. The third-order valence-electron chi connectivity index (χ3n) is 0.184. The summed E-state index contributed by atoms with van der Waals surface area (Å²) < 4.78 is 3.72. The first kappa shape index (κ1) is 36.7. The van der Waals surface area contributed by atoms with Crippen LogP contribution in [-0.4, -0.2) is 19.7 Å². The number of carboxylic acid groups (broad SMARTS) is 1. The molecule has 7 heteroatoms. The molecule has 0 fully saturated rings. The van der Waals surface area contributed by atoms with Gasteiger partial charge in [0.1, 0.15) is 0 Å². The van der Waals surface area contributed by atoms with Crippen LogP contribution in [0.1, 0.15) is 0 Å². The number of hydrogen-bond donors (Lipinski definition) is 1. The van der Waals surface area contributed by atoms with E-state index in [2.05, 4.69) is 11.3 Å². The van der Waals surface area contributed by atoms with Crippen LogP contribution in [-0.2, 0) is 4.74 Å². The first-order chi connectivity index (χ1) is 2.77. The van der Waals surface area contributed by atoms with E-state index in [1.54, 1.807) is 0 Å². The summed E-state index contributed by atoms with van der Waals surface area (Å²) in [5.41, 5.74) is 0. The van der Waals surface area contributed by atoms with Crippen LogP contribution in [0.25, 0.3) is 0 Å². The highest BCUT2D eigenvalue weighted by molar-refractivity contribution is 5.75. The molecule has 3 radical (unpaired) electrons. The van der Waals surface area contributed by atoms with Gasteiger partial charge in [0, 0.05) is 8.41 Å². The van der Waals surface area contributed by atoms with E-state index in [1.165, 1.54) is 0 Å². The van der Waals surface area contributed by atoms with Crippen molar-refractivity contribution in [2.45, 2.75) is 0 Å². The van der Waals surface area contributed by atoms with Crippen LogP contribution in [0.4, 0.5) is 18.9 Å². The maximum Gasteiger partial charge on any atom is 0.510 e. The Labute approximate surface area is 57.4 Å². The van der Waals surface area contributed by atoms with Crippen LogP contribution in [0.2, 0.25) is 0 Å². The lowest BCUT2D eigenvalue weighted by Crippen LogP contribution is -1.89. The van der Waals surface area contributed by atoms with E-state index >= 15 is 0 Å². The number of hydrogen-bond acceptors (Lipinski definition) is 2. The lowest BCUT2D eigenvalue weighted by atomic mass is 10.8. The zero-order chi connectivity index (χ0) is 4.99. The minimum Gasteiger partial charge on any atom is -0.449 e. The lowest BCUT2D eigenvalue weighted by molar-refractivity contribution is 0.128. The van der Waals surface area contributed by atoms with Crippen LogP contribution in [0.3, 0.4) is 0 Å². The molecule has 0 saturated carbocycles. The summed E-state index contributed by atoms with van der Waals surface area (Å²) in [5.74, 6) is 0. The SMILES string of the molecule is C=COC(=O)O.F.F.F.[B]. The Morgan fingerprint density at radius 1 is 1.40 bits per heavy atom.